The van der Waals surface area contributed by atoms with E-state index in [4.69, 9.17) is 16.3 Å². The van der Waals surface area contributed by atoms with E-state index >= 15 is 0 Å². The van der Waals surface area contributed by atoms with Crippen molar-refractivity contribution in [2.45, 2.75) is 31.7 Å². The summed E-state index contributed by atoms with van der Waals surface area (Å²) < 4.78 is 5.41. The number of aromatic nitrogens is 1. The van der Waals surface area contributed by atoms with Gasteiger partial charge in [0.1, 0.15) is 5.75 Å². The molecule has 150 valence electrons. The number of hydrogen-bond donors (Lipinski definition) is 2. The fourth-order valence-electron chi connectivity index (χ4n) is 4.19. The second-order valence-corrected chi connectivity index (χ2v) is 7.83. The highest BCUT2D eigenvalue weighted by molar-refractivity contribution is 6.30. The summed E-state index contributed by atoms with van der Waals surface area (Å²) in [5.74, 6) is 1.13. The highest BCUT2D eigenvalue weighted by Gasteiger charge is 2.28. The van der Waals surface area contributed by atoms with Crippen LogP contribution in [0.2, 0.25) is 5.02 Å². The molecule has 4 rings (SSSR count). The Kier molecular flexibility index (Phi) is 5.86. The average molecular weight is 410 g/mol. The molecular weight excluding hydrogens is 386 g/mol. The SMILES string of the molecule is COc1ccc(NC(=O)NC(c2cccc(Cl)c2)C2CCCC2)c2ncccc12. The zero-order valence-electron chi connectivity index (χ0n) is 16.3. The summed E-state index contributed by atoms with van der Waals surface area (Å²) in [4.78, 5) is 17.4. The van der Waals surface area contributed by atoms with Crippen molar-refractivity contribution in [1.29, 1.82) is 0 Å². The van der Waals surface area contributed by atoms with Crippen molar-refractivity contribution in [2.24, 2.45) is 5.92 Å². The fraction of sp³-hybridized carbons (Fsp3) is 0.304. The highest BCUT2D eigenvalue weighted by Crippen LogP contribution is 2.36. The van der Waals surface area contributed by atoms with Gasteiger partial charge in [0.05, 0.1) is 24.4 Å². The van der Waals surface area contributed by atoms with Gasteiger partial charge in [0, 0.05) is 16.6 Å². The number of nitrogens with zero attached hydrogens (tertiary/aromatic N) is 1. The molecular formula is C23H24ClN3O2. The van der Waals surface area contributed by atoms with Crippen LogP contribution < -0.4 is 15.4 Å². The summed E-state index contributed by atoms with van der Waals surface area (Å²) >= 11 is 6.21. The van der Waals surface area contributed by atoms with Crippen molar-refractivity contribution < 1.29 is 9.53 Å². The Morgan fingerprint density at radius 3 is 2.76 bits per heavy atom. The number of nitrogens with one attached hydrogen (secondary N) is 2. The molecule has 1 aliphatic carbocycles. The van der Waals surface area contributed by atoms with Gasteiger partial charge in [-0.1, -0.05) is 36.6 Å². The Morgan fingerprint density at radius 2 is 2.00 bits per heavy atom. The second-order valence-electron chi connectivity index (χ2n) is 7.39. The Labute approximate surface area is 175 Å². The van der Waals surface area contributed by atoms with Gasteiger partial charge in [0.2, 0.25) is 0 Å². The highest BCUT2D eigenvalue weighted by atomic mass is 35.5. The van der Waals surface area contributed by atoms with Gasteiger partial charge >= 0.3 is 6.03 Å². The first kappa shape index (κ1) is 19.5. The van der Waals surface area contributed by atoms with E-state index in [1.165, 1.54) is 12.8 Å². The third-order valence-corrected chi connectivity index (χ3v) is 5.80. The predicted octanol–water partition coefficient (Wildman–Crippen LogP) is 5.95. The van der Waals surface area contributed by atoms with E-state index in [1.807, 2.05) is 48.5 Å². The van der Waals surface area contributed by atoms with Crippen LogP contribution in [0.25, 0.3) is 10.9 Å². The molecule has 5 nitrogen and oxygen atoms in total. The van der Waals surface area contributed by atoms with Crippen LogP contribution in [-0.4, -0.2) is 18.1 Å². The number of ether oxygens (including phenoxy) is 1. The summed E-state index contributed by atoms with van der Waals surface area (Å²) in [5.41, 5.74) is 2.38. The van der Waals surface area contributed by atoms with Crippen molar-refractivity contribution in [3.8, 4) is 5.75 Å². The van der Waals surface area contributed by atoms with Gasteiger partial charge in [-0.25, -0.2) is 4.79 Å². The van der Waals surface area contributed by atoms with Crippen molar-refractivity contribution in [3.63, 3.8) is 0 Å². The van der Waals surface area contributed by atoms with Crippen LogP contribution in [0.4, 0.5) is 10.5 Å². The zero-order chi connectivity index (χ0) is 20.2. The topological polar surface area (TPSA) is 63.2 Å². The normalized spacial score (nSPS) is 15.2. The molecule has 0 bridgehead atoms. The molecule has 3 aromatic rings. The monoisotopic (exact) mass is 409 g/mol. The molecule has 1 unspecified atom stereocenters. The Balaban J connectivity index is 1.58. The number of rotatable bonds is 5. The molecule has 1 aromatic heterocycles. The van der Waals surface area contributed by atoms with Crippen molar-refractivity contribution in [2.75, 3.05) is 12.4 Å². The number of carbonyl (C=O) groups excluding carboxylic acids is 1. The smallest absolute Gasteiger partial charge is 0.319 e. The number of carbonyl (C=O) groups is 1. The van der Waals surface area contributed by atoms with E-state index < -0.39 is 0 Å². The lowest BCUT2D eigenvalue weighted by molar-refractivity contribution is 0.242. The molecule has 1 saturated carbocycles. The largest absolute Gasteiger partial charge is 0.496 e. The molecule has 1 atom stereocenters. The average Bonchev–Trinajstić information content (AvgIpc) is 3.27. The maximum absolute atomic E-state index is 12.9. The molecule has 1 fully saturated rings. The molecule has 1 heterocycles. The van der Waals surface area contributed by atoms with Gasteiger partial charge in [0.15, 0.2) is 0 Å². The van der Waals surface area contributed by atoms with E-state index in [1.54, 1.807) is 13.3 Å². The van der Waals surface area contributed by atoms with E-state index in [0.717, 1.165) is 29.5 Å². The minimum atomic E-state index is -0.251. The molecule has 0 aliphatic heterocycles. The number of halogens is 1. The van der Waals surface area contributed by atoms with Crippen LogP contribution in [0.1, 0.15) is 37.3 Å². The van der Waals surface area contributed by atoms with Gasteiger partial charge in [-0.05, 0) is 60.7 Å². The quantitative estimate of drug-likeness (QED) is 0.547. The minimum absolute atomic E-state index is 0.0753. The van der Waals surface area contributed by atoms with Gasteiger partial charge in [-0.3, -0.25) is 4.98 Å². The number of urea groups is 1. The summed E-state index contributed by atoms with van der Waals surface area (Å²) in [6, 6.07) is 14.9. The Bertz CT molecular complexity index is 1020. The summed E-state index contributed by atoms with van der Waals surface area (Å²) in [7, 11) is 1.62. The van der Waals surface area contributed by atoms with Crippen molar-refractivity contribution in [1.82, 2.24) is 10.3 Å². The van der Waals surface area contributed by atoms with Gasteiger partial charge in [-0.15, -0.1) is 0 Å². The zero-order valence-corrected chi connectivity index (χ0v) is 17.1. The number of anilines is 1. The van der Waals surface area contributed by atoms with Crippen molar-refractivity contribution in [3.05, 3.63) is 65.3 Å². The number of hydrogen-bond acceptors (Lipinski definition) is 3. The van der Waals surface area contributed by atoms with E-state index in [2.05, 4.69) is 15.6 Å². The second kappa shape index (κ2) is 8.70. The molecule has 0 radical (unpaired) electrons. The third-order valence-electron chi connectivity index (χ3n) is 5.56. The number of benzene rings is 2. The van der Waals surface area contributed by atoms with Crippen LogP contribution >= 0.6 is 11.6 Å². The van der Waals surface area contributed by atoms with E-state index in [0.29, 0.717) is 22.1 Å². The van der Waals surface area contributed by atoms with E-state index in [9.17, 15) is 4.79 Å². The van der Waals surface area contributed by atoms with Crippen LogP contribution in [0, 0.1) is 5.92 Å². The Morgan fingerprint density at radius 1 is 1.17 bits per heavy atom. The van der Waals surface area contributed by atoms with Gasteiger partial charge in [0.25, 0.3) is 0 Å². The molecule has 6 heteroatoms. The number of fused-ring (bicyclic) bond motifs is 1. The molecule has 29 heavy (non-hydrogen) atoms. The first-order valence-corrected chi connectivity index (χ1v) is 10.3. The molecule has 2 amide bonds. The molecule has 2 N–H and O–H groups in total. The van der Waals surface area contributed by atoms with Crippen molar-refractivity contribution >= 4 is 34.2 Å². The molecule has 0 spiro atoms. The van der Waals surface area contributed by atoms with Gasteiger partial charge in [-0.2, -0.15) is 0 Å². The van der Waals surface area contributed by atoms with Crippen LogP contribution in [0.3, 0.4) is 0 Å². The van der Waals surface area contributed by atoms with Crippen LogP contribution in [-0.2, 0) is 0 Å². The lowest BCUT2D eigenvalue weighted by Gasteiger charge is -2.25. The maximum Gasteiger partial charge on any atom is 0.319 e. The lowest BCUT2D eigenvalue weighted by Crippen LogP contribution is -2.36. The van der Waals surface area contributed by atoms with Crippen LogP contribution in [0.15, 0.2) is 54.7 Å². The molecule has 1 aliphatic rings. The Hall–Kier alpha value is -2.79. The standard InChI is InChI=1S/C23H24ClN3O2/c1-29-20-12-11-19(22-18(20)10-5-13-25-22)26-23(28)27-21(15-6-2-3-7-15)16-8-4-9-17(24)14-16/h4-5,8-15,21H,2-3,6-7H2,1H3,(H2,26,27,28). The van der Waals surface area contributed by atoms with Gasteiger partial charge < -0.3 is 15.4 Å². The summed E-state index contributed by atoms with van der Waals surface area (Å²) in [6.07, 6.45) is 6.29. The number of methoxy groups -OCH3 is 1. The minimum Gasteiger partial charge on any atom is -0.496 e. The maximum atomic E-state index is 12.9. The molecule has 2 aromatic carbocycles. The van der Waals surface area contributed by atoms with Crippen LogP contribution in [0.5, 0.6) is 5.75 Å². The lowest BCUT2D eigenvalue weighted by atomic mass is 9.92. The molecule has 0 saturated heterocycles. The fourth-order valence-corrected chi connectivity index (χ4v) is 4.39. The predicted molar refractivity (Wildman–Crippen MR) is 117 cm³/mol. The summed E-state index contributed by atoms with van der Waals surface area (Å²) in [5, 5.41) is 7.69. The first-order chi connectivity index (χ1) is 14.2. The number of amides is 2. The first-order valence-electron chi connectivity index (χ1n) is 9.90. The van der Waals surface area contributed by atoms with E-state index in [-0.39, 0.29) is 12.1 Å². The summed E-state index contributed by atoms with van der Waals surface area (Å²) in [6.45, 7) is 0. The third kappa shape index (κ3) is 4.30. The number of pyridine rings is 1.